The second-order valence-corrected chi connectivity index (χ2v) is 9.50. The second-order valence-electron chi connectivity index (χ2n) is 7.31. The minimum absolute atomic E-state index is 0.0239. The molecule has 1 saturated heterocycles. The number of hydrogen-bond donors (Lipinski definition) is 1. The van der Waals surface area contributed by atoms with Gasteiger partial charge in [-0.1, -0.05) is 54.5 Å². The van der Waals surface area contributed by atoms with Gasteiger partial charge in [0.25, 0.3) is 11.7 Å². The van der Waals surface area contributed by atoms with Gasteiger partial charge >= 0.3 is 6.03 Å². The van der Waals surface area contributed by atoms with Gasteiger partial charge in [-0.2, -0.15) is 8.78 Å². The number of imide groups is 1. The van der Waals surface area contributed by atoms with E-state index in [1.807, 2.05) is 6.07 Å². The molecular weight excluding hydrogens is 448 g/mol. The Labute approximate surface area is 185 Å². The first-order chi connectivity index (χ1) is 14.9. The van der Waals surface area contributed by atoms with E-state index < -0.39 is 35.7 Å². The minimum atomic E-state index is -2.66. The predicted molar refractivity (Wildman–Crippen MR) is 111 cm³/mol. The molecule has 31 heavy (non-hydrogen) atoms. The smallest absolute Gasteiger partial charge is 0.323 e. The number of nitrogens with zero attached hydrogens (tertiary/aromatic N) is 4. The van der Waals surface area contributed by atoms with Gasteiger partial charge in [0.1, 0.15) is 12.1 Å². The van der Waals surface area contributed by atoms with Crippen molar-refractivity contribution in [2.75, 3.05) is 11.4 Å². The quantitative estimate of drug-likeness (QED) is 0.382. The van der Waals surface area contributed by atoms with Crippen LogP contribution in [-0.2, 0) is 16.1 Å². The maximum atomic E-state index is 13.2. The van der Waals surface area contributed by atoms with Crippen LogP contribution in [0.15, 0.2) is 34.7 Å². The van der Waals surface area contributed by atoms with E-state index in [2.05, 4.69) is 15.5 Å². The maximum Gasteiger partial charge on any atom is 0.325 e. The summed E-state index contributed by atoms with van der Waals surface area (Å²) in [5.41, 5.74) is -0.135. The monoisotopic (exact) mass is 467 g/mol. The van der Waals surface area contributed by atoms with Gasteiger partial charge in [-0.25, -0.2) is 4.79 Å². The van der Waals surface area contributed by atoms with Gasteiger partial charge in [0, 0.05) is 0 Å². The van der Waals surface area contributed by atoms with E-state index in [4.69, 9.17) is 0 Å². The third kappa shape index (κ3) is 4.54. The maximum absolute atomic E-state index is 13.2. The number of carbonyl (C=O) groups is 3. The van der Waals surface area contributed by atoms with Crippen molar-refractivity contribution in [2.45, 2.75) is 47.9 Å². The molecule has 8 nitrogen and oxygen atoms in total. The van der Waals surface area contributed by atoms with Crippen LogP contribution < -0.4 is 10.2 Å². The molecule has 2 aliphatic rings. The largest absolute Gasteiger partial charge is 0.325 e. The third-order valence-corrected chi connectivity index (χ3v) is 7.04. The summed E-state index contributed by atoms with van der Waals surface area (Å²) in [5.74, 6) is -3.60. The Kier molecular flexibility index (Phi) is 6.19. The molecule has 1 aromatic carbocycles. The lowest BCUT2D eigenvalue weighted by atomic mass is 9.98. The molecule has 1 aliphatic carbocycles. The fourth-order valence-corrected chi connectivity index (χ4v) is 5.29. The van der Waals surface area contributed by atoms with E-state index in [0.29, 0.717) is 12.8 Å². The van der Waals surface area contributed by atoms with Crippen molar-refractivity contribution in [1.29, 1.82) is 0 Å². The van der Waals surface area contributed by atoms with E-state index >= 15 is 0 Å². The summed E-state index contributed by atoms with van der Waals surface area (Å²) >= 11 is 1.10. The first kappa shape index (κ1) is 21.6. The fourth-order valence-electron chi connectivity index (χ4n) is 3.82. The molecule has 4 rings (SSSR count). The summed E-state index contributed by atoms with van der Waals surface area (Å²) < 4.78 is 25.4. The average Bonchev–Trinajstić information content (AvgIpc) is 3.44. The zero-order valence-electron chi connectivity index (χ0n) is 16.3. The number of nitrogens with one attached hydrogen (secondary N) is 1. The van der Waals surface area contributed by atoms with Crippen LogP contribution in [0.2, 0.25) is 0 Å². The lowest BCUT2D eigenvalue weighted by molar-refractivity contribution is -0.134. The van der Waals surface area contributed by atoms with Crippen LogP contribution in [0.25, 0.3) is 0 Å². The van der Waals surface area contributed by atoms with Gasteiger partial charge in [-0.15, -0.1) is 10.2 Å². The van der Waals surface area contributed by atoms with Crippen LogP contribution in [0.1, 0.15) is 31.2 Å². The van der Waals surface area contributed by atoms with Crippen molar-refractivity contribution in [3.05, 3.63) is 35.9 Å². The summed E-state index contributed by atoms with van der Waals surface area (Å²) in [6, 6.07) is 8.45. The van der Waals surface area contributed by atoms with E-state index in [-0.39, 0.29) is 27.8 Å². The molecule has 1 aliphatic heterocycles. The fraction of sp³-hybridized carbons (Fsp3) is 0.421. The van der Waals surface area contributed by atoms with Gasteiger partial charge in [0.2, 0.25) is 11.0 Å². The average molecular weight is 468 g/mol. The molecule has 2 heterocycles. The first-order valence-electron chi connectivity index (χ1n) is 9.65. The Hall–Kier alpha value is -2.60. The van der Waals surface area contributed by atoms with Crippen molar-refractivity contribution in [2.24, 2.45) is 0 Å². The van der Waals surface area contributed by atoms with Crippen molar-refractivity contribution in [1.82, 2.24) is 20.4 Å². The molecular formula is C19H19F2N5O3S2. The van der Waals surface area contributed by atoms with Gasteiger partial charge < -0.3 is 5.32 Å². The standard InChI is InChI=1S/C19H19F2N5O3S2/c20-15(21)30-18-24-23-17(31-18)25(10-12-6-2-1-3-7-12)13(27)11-26-14(28)19(22-16(26)29)8-4-5-9-19/h1-3,6-7,15H,4-5,8-11H2,(H,22,29). The molecule has 1 spiro atoms. The summed E-state index contributed by atoms with van der Waals surface area (Å²) in [7, 11) is 0. The van der Waals surface area contributed by atoms with Crippen LogP contribution in [0.4, 0.5) is 18.7 Å². The van der Waals surface area contributed by atoms with Crippen LogP contribution >= 0.6 is 23.1 Å². The highest BCUT2D eigenvalue weighted by Gasteiger charge is 2.53. The predicted octanol–water partition coefficient (Wildman–Crippen LogP) is 3.25. The number of aromatic nitrogens is 2. The van der Waals surface area contributed by atoms with Gasteiger partial charge in [0.15, 0.2) is 4.34 Å². The number of benzene rings is 1. The van der Waals surface area contributed by atoms with Crippen LogP contribution in [0.3, 0.4) is 0 Å². The van der Waals surface area contributed by atoms with Gasteiger partial charge in [-0.05, 0) is 30.2 Å². The molecule has 2 aromatic rings. The number of hydrogen-bond acceptors (Lipinski definition) is 7. The molecule has 12 heteroatoms. The topological polar surface area (TPSA) is 95.5 Å². The normalized spacial score (nSPS) is 17.6. The first-order valence-corrected chi connectivity index (χ1v) is 11.3. The Morgan fingerprint density at radius 3 is 2.61 bits per heavy atom. The highest BCUT2D eigenvalue weighted by atomic mass is 32.2. The Balaban J connectivity index is 1.56. The van der Waals surface area contributed by atoms with E-state index in [9.17, 15) is 23.2 Å². The molecule has 0 unspecified atom stereocenters. The molecule has 1 aromatic heterocycles. The summed E-state index contributed by atoms with van der Waals surface area (Å²) in [6.07, 6.45) is 2.79. The third-order valence-electron chi connectivity index (χ3n) is 5.30. The molecule has 1 N–H and O–H groups in total. The zero-order chi connectivity index (χ0) is 22.0. The number of halogens is 2. The summed E-state index contributed by atoms with van der Waals surface area (Å²) in [4.78, 5) is 40.7. The highest BCUT2D eigenvalue weighted by molar-refractivity contribution is 8.01. The number of urea groups is 1. The molecule has 0 radical (unpaired) electrons. The molecule has 1 saturated carbocycles. The minimum Gasteiger partial charge on any atom is -0.323 e. The van der Waals surface area contributed by atoms with Gasteiger partial charge in [-0.3, -0.25) is 19.4 Å². The van der Waals surface area contributed by atoms with E-state index in [1.165, 1.54) is 4.90 Å². The van der Waals surface area contributed by atoms with Crippen molar-refractivity contribution in [3.63, 3.8) is 0 Å². The summed E-state index contributed by atoms with van der Waals surface area (Å²) in [6.45, 7) is -0.363. The molecule has 0 atom stereocenters. The van der Waals surface area contributed by atoms with Crippen molar-refractivity contribution >= 4 is 46.1 Å². The Morgan fingerprint density at radius 2 is 1.94 bits per heavy atom. The molecule has 2 fully saturated rings. The lowest BCUT2D eigenvalue weighted by Crippen LogP contribution is -2.46. The number of thioether (sulfide) groups is 1. The number of amides is 4. The van der Waals surface area contributed by atoms with Gasteiger partial charge in [0.05, 0.1) is 6.54 Å². The van der Waals surface area contributed by atoms with Crippen molar-refractivity contribution < 1.29 is 23.2 Å². The Morgan fingerprint density at radius 1 is 1.23 bits per heavy atom. The SMILES string of the molecule is O=C1NC2(CCCC2)C(=O)N1CC(=O)N(Cc1ccccc1)c1nnc(SC(F)F)s1. The van der Waals surface area contributed by atoms with E-state index in [1.54, 1.807) is 24.3 Å². The van der Waals surface area contributed by atoms with Crippen molar-refractivity contribution in [3.8, 4) is 0 Å². The molecule has 4 amide bonds. The summed E-state index contributed by atoms with van der Waals surface area (Å²) in [5, 5.41) is 10.5. The Bertz CT molecular complexity index is 982. The number of alkyl halides is 2. The molecule has 0 bridgehead atoms. The van der Waals surface area contributed by atoms with Crippen LogP contribution in [-0.4, -0.2) is 50.8 Å². The number of rotatable bonds is 7. The lowest BCUT2D eigenvalue weighted by Gasteiger charge is -2.23. The number of carbonyl (C=O) groups excluding carboxylic acids is 3. The van der Waals surface area contributed by atoms with Crippen LogP contribution in [0, 0.1) is 0 Å². The van der Waals surface area contributed by atoms with E-state index in [0.717, 1.165) is 34.6 Å². The highest BCUT2D eigenvalue weighted by Crippen LogP contribution is 2.36. The zero-order valence-corrected chi connectivity index (χ0v) is 17.9. The second kappa shape index (κ2) is 8.87. The van der Waals surface area contributed by atoms with Crippen LogP contribution in [0.5, 0.6) is 0 Å². The number of anilines is 1. The molecule has 164 valence electrons.